The summed E-state index contributed by atoms with van der Waals surface area (Å²) in [5.74, 6) is 0.415. The number of nitrogens with zero attached hydrogens (tertiary/aromatic N) is 1. The van der Waals surface area contributed by atoms with Crippen LogP contribution in [0, 0.1) is 5.92 Å². The van der Waals surface area contributed by atoms with Gasteiger partial charge in [-0.3, -0.25) is 9.78 Å². The Bertz CT molecular complexity index is 1550. The Morgan fingerprint density at radius 2 is 1.78 bits per heavy atom. The van der Waals surface area contributed by atoms with Crippen LogP contribution in [0.25, 0.3) is 43.6 Å². The Hall–Kier alpha value is -3.23. The predicted octanol–water partition coefficient (Wildman–Crippen LogP) is 7.56. The Morgan fingerprint density at radius 1 is 0.938 bits per heavy atom. The molecule has 32 heavy (non-hydrogen) atoms. The van der Waals surface area contributed by atoms with E-state index in [1.807, 2.05) is 18.3 Å². The number of hydrogen-bond acceptors (Lipinski definition) is 2. The van der Waals surface area contributed by atoms with Crippen molar-refractivity contribution in [1.29, 1.82) is 0 Å². The fourth-order valence-corrected chi connectivity index (χ4v) is 5.56. The van der Waals surface area contributed by atoms with Gasteiger partial charge >= 0.3 is 0 Å². The molecule has 0 spiro atoms. The summed E-state index contributed by atoms with van der Waals surface area (Å²) in [6, 6.07) is 23.3. The van der Waals surface area contributed by atoms with E-state index in [9.17, 15) is 4.79 Å². The van der Waals surface area contributed by atoms with Crippen LogP contribution in [0.15, 0.2) is 72.9 Å². The number of hydrogen-bond donors (Lipinski definition) is 0. The zero-order valence-corrected chi connectivity index (χ0v) is 18.6. The number of carbonyl (C=O) groups is 1. The van der Waals surface area contributed by atoms with Gasteiger partial charge in [0.2, 0.25) is 0 Å². The molecule has 4 aromatic carbocycles. The lowest BCUT2D eigenvalue weighted by Gasteiger charge is -2.26. The molecule has 2 nitrogen and oxygen atoms in total. The van der Waals surface area contributed by atoms with Gasteiger partial charge in [-0.15, -0.1) is 0 Å². The highest BCUT2D eigenvalue weighted by Crippen LogP contribution is 2.42. The molecule has 0 saturated carbocycles. The lowest BCUT2D eigenvalue weighted by molar-refractivity contribution is -0.121. The molecule has 1 aromatic heterocycles. The van der Waals surface area contributed by atoms with E-state index in [1.54, 1.807) is 6.92 Å². The molecule has 1 unspecified atom stereocenters. The fraction of sp³-hybridized carbons (Fsp3) is 0.172. The van der Waals surface area contributed by atoms with E-state index in [2.05, 4.69) is 54.6 Å². The highest BCUT2D eigenvalue weighted by Gasteiger charge is 2.25. The number of benzene rings is 4. The molecular weight excluding hydrogens is 414 g/mol. The second kappa shape index (κ2) is 7.43. The van der Waals surface area contributed by atoms with Crippen LogP contribution in [-0.4, -0.2) is 10.8 Å². The van der Waals surface area contributed by atoms with Crippen LogP contribution in [0.5, 0.6) is 0 Å². The molecule has 1 aliphatic carbocycles. The summed E-state index contributed by atoms with van der Waals surface area (Å²) in [4.78, 5) is 17.0. The van der Waals surface area contributed by atoms with Crippen molar-refractivity contribution >= 4 is 49.7 Å². The topological polar surface area (TPSA) is 30.0 Å². The fourth-order valence-electron chi connectivity index (χ4n) is 5.38. The Kier molecular flexibility index (Phi) is 4.51. The van der Waals surface area contributed by atoms with Gasteiger partial charge in [-0.05, 0) is 88.5 Å². The van der Waals surface area contributed by atoms with Crippen LogP contribution in [0.2, 0.25) is 5.02 Å². The van der Waals surface area contributed by atoms with Crippen molar-refractivity contribution in [2.75, 3.05) is 0 Å². The Balaban J connectivity index is 1.74. The smallest absolute Gasteiger partial charge is 0.133 e. The zero-order valence-electron chi connectivity index (χ0n) is 17.9. The van der Waals surface area contributed by atoms with E-state index >= 15 is 0 Å². The molecule has 1 aliphatic rings. The average molecular weight is 436 g/mol. The first kappa shape index (κ1) is 19.5. The first-order chi connectivity index (χ1) is 15.6. The molecule has 0 aliphatic heterocycles. The molecular formula is C29H22ClNO. The van der Waals surface area contributed by atoms with Gasteiger partial charge in [-0.2, -0.15) is 0 Å². The molecule has 0 saturated heterocycles. The molecule has 0 amide bonds. The van der Waals surface area contributed by atoms with E-state index in [1.165, 1.54) is 32.7 Å². The minimum absolute atomic E-state index is 0.123. The van der Waals surface area contributed by atoms with Crippen molar-refractivity contribution < 1.29 is 4.79 Å². The largest absolute Gasteiger partial charge is 0.300 e. The van der Waals surface area contributed by atoms with Crippen LogP contribution >= 0.6 is 11.6 Å². The summed E-state index contributed by atoms with van der Waals surface area (Å²) in [7, 11) is 0. The maximum absolute atomic E-state index is 12.1. The van der Waals surface area contributed by atoms with Crippen molar-refractivity contribution in [2.45, 2.75) is 26.2 Å². The summed E-state index contributed by atoms with van der Waals surface area (Å²) in [5.41, 5.74) is 4.79. The van der Waals surface area contributed by atoms with Crippen LogP contribution < -0.4 is 0 Å². The molecule has 0 N–H and O–H groups in total. The van der Waals surface area contributed by atoms with Gasteiger partial charge in [-0.25, -0.2) is 0 Å². The molecule has 5 aromatic rings. The summed E-state index contributed by atoms with van der Waals surface area (Å²) in [5, 5.41) is 7.87. The molecule has 0 radical (unpaired) electrons. The number of fused-ring (bicyclic) bond motifs is 6. The molecule has 156 valence electrons. The van der Waals surface area contributed by atoms with Crippen LogP contribution in [0.1, 0.15) is 24.5 Å². The number of ketones is 1. The zero-order chi connectivity index (χ0) is 21.8. The van der Waals surface area contributed by atoms with E-state index in [0.29, 0.717) is 5.78 Å². The second-order valence-electron chi connectivity index (χ2n) is 8.85. The standard InChI is InChI=1S/C29H22ClNO/c1-17(32)19-6-9-24-20(14-19)7-10-26-23-11-8-22(30)15-21(23)16-27(28(24)26)29-25-5-3-2-4-18(25)12-13-31-29/h2-5,7-8,10-13,15-16,19H,6,9,14H2,1H3. The van der Waals surface area contributed by atoms with Crippen molar-refractivity contribution in [3.63, 3.8) is 0 Å². The maximum Gasteiger partial charge on any atom is 0.133 e. The lowest BCUT2D eigenvalue weighted by Crippen LogP contribution is -2.20. The number of halogens is 1. The minimum Gasteiger partial charge on any atom is -0.300 e. The highest BCUT2D eigenvalue weighted by molar-refractivity contribution is 6.32. The normalized spacial score (nSPS) is 15.9. The quantitative estimate of drug-likeness (QED) is 0.268. The van der Waals surface area contributed by atoms with Crippen LogP contribution in [0.4, 0.5) is 0 Å². The Morgan fingerprint density at radius 3 is 2.66 bits per heavy atom. The van der Waals surface area contributed by atoms with Crippen molar-refractivity contribution in [2.24, 2.45) is 5.92 Å². The average Bonchev–Trinajstić information content (AvgIpc) is 2.82. The number of Topliss-reactive ketones (excluding diaryl/α,β-unsaturated/α-hetero) is 1. The van der Waals surface area contributed by atoms with Gasteiger partial charge in [-0.1, -0.05) is 54.1 Å². The molecule has 1 heterocycles. The number of rotatable bonds is 2. The third-order valence-corrected chi connectivity index (χ3v) is 7.23. The number of carbonyl (C=O) groups excluding carboxylic acids is 1. The molecule has 1 atom stereocenters. The summed E-state index contributed by atoms with van der Waals surface area (Å²) >= 11 is 6.38. The first-order valence-electron chi connectivity index (χ1n) is 11.1. The SMILES string of the molecule is CC(=O)C1CCc2c(ccc3c2c(-c2nccc4ccccc24)cc2cc(Cl)ccc23)C1. The predicted molar refractivity (Wildman–Crippen MR) is 133 cm³/mol. The van der Waals surface area contributed by atoms with Gasteiger partial charge in [0, 0.05) is 28.1 Å². The van der Waals surface area contributed by atoms with Gasteiger partial charge in [0.15, 0.2) is 0 Å². The molecule has 0 fully saturated rings. The first-order valence-corrected chi connectivity index (χ1v) is 11.5. The third kappa shape index (κ3) is 3.02. The van der Waals surface area contributed by atoms with E-state index in [4.69, 9.17) is 16.6 Å². The summed E-state index contributed by atoms with van der Waals surface area (Å²) < 4.78 is 0. The van der Waals surface area contributed by atoms with Gasteiger partial charge < -0.3 is 0 Å². The van der Waals surface area contributed by atoms with Crippen molar-refractivity contribution in [3.8, 4) is 11.3 Å². The highest BCUT2D eigenvalue weighted by atomic mass is 35.5. The molecule has 6 rings (SSSR count). The second-order valence-corrected chi connectivity index (χ2v) is 9.28. The summed E-state index contributed by atoms with van der Waals surface area (Å²) in [6.45, 7) is 1.72. The van der Waals surface area contributed by atoms with Crippen molar-refractivity contribution in [1.82, 2.24) is 4.98 Å². The van der Waals surface area contributed by atoms with Crippen molar-refractivity contribution in [3.05, 3.63) is 89.1 Å². The van der Waals surface area contributed by atoms with Crippen LogP contribution in [0.3, 0.4) is 0 Å². The number of pyridine rings is 1. The number of aryl methyl sites for hydroxylation is 1. The van der Waals surface area contributed by atoms with Crippen LogP contribution in [-0.2, 0) is 17.6 Å². The van der Waals surface area contributed by atoms with Gasteiger partial charge in [0.1, 0.15) is 5.78 Å². The van der Waals surface area contributed by atoms with E-state index in [-0.39, 0.29) is 5.92 Å². The van der Waals surface area contributed by atoms with Gasteiger partial charge in [0.25, 0.3) is 0 Å². The molecule has 3 heteroatoms. The van der Waals surface area contributed by atoms with E-state index < -0.39 is 0 Å². The molecule has 0 bridgehead atoms. The maximum atomic E-state index is 12.1. The summed E-state index contributed by atoms with van der Waals surface area (Å²) in [6.07, 6.45) is 4.53. The minimum atomic E-state index is 0.123. The monoisotopic (exact) mass is 435 g/mol. The number of aromatic nitrogens is 1. The lowest BCUT2D eigenvalue weighted by atomic mass is 9.78. The third-order valence-electron chi connectivity index (χ3n) is 7.00. The van der Waals surface area contributed by atoms with E-state index in [0.717, 1.165) is 46.3 Å². The Labute approximate surface area is 191 Å². The van der Waals surface area contributed by atoms with Gasteiger partial charge in [0.05, 0.1) is 5.69 Å².